The van der Waals surface area contributed by atoms with E-state index < -0.39 is 5.97 Å². The van der Waals surface area contributed by atoms with Crippen LogP contribution in [0.2, 0.25) is 5.15 Å². The van der Waals surface area contributed by atoms with E-state index in [1.54, 1.807) is 22.7 Å². The smallest absolute Gasteiger partial charge is 0.338 e. The molecule has 6 nitrogen and oxygen atoms in total. The van der Waals surface area contributed by atoms with Crippen LogP contribution in [0.15, 0.2) is 36.8 Å². The number of carbonyl (C=O) groups excluding carboxylic acids is 1. The molecule has 0 aliphatic carbocycles. The summed E-state index contributed by atoms with van der Waals surface area (Å²) in [5.74, 6) is -0.509. The number of nitrogens with zero attached hydrogens (tertiary/aromatic N) is 4. The van der Waals surface area contributed by atoms with Gasteiger partial charge in [0, 0.05) is 23.5 Å². The molecule has 3 aromatic heterocycles. The van der Waals surface area contributed by atoms with Gasteiger partial charge in [-0.1, -0.05) is 11.6 Å². The Morgan fingerprint density at radius 1 is 1.36 bits per heavy atom. The van der Waals surface area contributed by atoms with Gasteiger partial charge in [0.2, 0.25) is 0 Å². The van der Waals surface area contributed by atoms with Crippen LogP contribution in [0.1, 0.15) is 16.1 Å². The number of imidazole rings is 1. The standard InChI is InChI=1S/C15H9ClN4O2/c1-22-15(21)11-4-5-18-14(16)13(11)9-2-3-12-19-7-10(6-17)20(12)8-9/h2-5,7-8H,1H3. The van der Waals surface area contributed by atoms with E-state index in [1.165, 1.54) is 25.6 Å². The molecule has 0 radical (unpaired) electrons. The van der Waals surface area contributed by atoms with E-state index in [-0.39, 0.29) is 5.15 Å². The first-order valence-electron chi connectivity index (χ1n) is 6.26. The number of carbonyl (C=O) groups is 1. The van der Waals surface area contributed by atoms with Gasteiger partial charge >= 0.3 is 5.97 Å². The third-order valence-corrected chi connectivity index (χ3v) is 3.51. The van der Waals surface area contributed by atoms with Crippen LogP contribution in [0.5, 0.6) is 0 Å². The number of pyridine rings is 2. The maximum atomic E-state index is 11.9. The highest BCUT2D eigenvalue weighted by molar-refractivity contribution is 6.33. The fourth-order valence-corrected chi connectivity index (χ4v) is 2.47. The molecule has 108 valence electrons. The van der Waals surface area contributed by atoms with Crippen molar-refractivity contribution in [2.24, 2.45) is 0 Å². The van der Waals surface area contributed by atoms with Crippen LogP contribution in [0.3, 0.4) is 0 Å². The highest BCUT2D eigenvalue weighted by Crippen LogP contribution is 2.30. The maximum Gasteiger partial charge on any atom is 0.338 e. The second-order valence-corrected chi connectivity index (χ2v) is 4.78. The van der Waals surface area contributed by atoms with E-state index in [1.807, 2.05) is 0 Å². The van der Waals surface area contributed by atoms with Crippen molar-refractivity contribution in [3.63, 3.8) is 0 Å². The predicted octanol–water partition coefficient (Wildman–Crippen LogP) is 2.71. The maximum absolute atomic E-state index is 11.9. The summed E-state index contributed by atoms with van der Waals surface area (Å²) in [5.41, 5.74) is 2.41. The molecule has 7 heteroatoms. The van der Waals surface area contributed by atoms with Gasteiger partial charge in [0.05, 0.1) is 18.9 Å². The van der Waals surface area contributed by atoms with Crippen LogP contribution < -0.4 is 0 Å². The summed E-state index contributed by atoms with van der Waals surface area (Å²) in [5, 5.41) is 9.28. The molecule has 0 bridgehead atoms. The SMILES string of the molecule is COC(=O)c1ccnc(Cl)c1-c1ccc2ncc(C#N)n2c1. The number of methoxy groups -OCH3 is 1. The minimum atomic E-state index is -0.509. The van der Waals surface area contributed by atoms with E-state index in [9.17, 15) is 4.79 Å². The summed E-state index contributed by atoms with van der Waals surface area (Å²) in [6.45, 7) is 0. The molecule has 0 fully saturated rings. The number of fused-ring (bicyclic) bond motifs is 1. The summed E-state index contributed by atoms with van der Waals surface area (Å²) < 4.78 is 6.40. The van der Waals surface area contributed by atoms with Gasteiger partial charge in [-0.3, -0.25) is 4.40 Å². The molecule has 0 saturated carbocycles. The number of rotatable bonds is 2. The first-order chi connectivity index (χ1) is 10.7. The average Bonchev–Trinajstić information content (AvgIpc) is 2.96. The lowest BCUT2D eigenvalue weighted by atomic mass is 10.0. The van der Waals surface area contributed by atoms with Crippen LogP contribution in [-0.2, 0) is 4.74 Å². The summed E-state index contributed by atoms with van der Waals surface area (Å²) in [6, 6.07) is 7.09. The molecule has 0 aliphatic rings. The van der Waals surface area contributed by atoms with Gasteiger partial charge in [-0.25, -0.2) is 14.8 Å². The lowest BCUT2D eigenvalue weighted by molar-refractivity contribution is 0.0601. The first-order valence-corrected chi connectivity index (χ1v) is 6.64. The van der Waals surface area contributed by atoms with E-state index in [0.29, 0.717) is 28.0 Å². The van der Waals surface area contributed by atoms with E-state index >= 15 is 0 Å². The van der Waals surface area contributed by atoms with Crippen molar-refractivity contribution in [1.29, 1.82) is 5.26 Å². The molecule has 3 rings (SSSR count). The zero-order valence-electron chi connectivity index (χ0n) is 11.4. The highest BCUT2D eigenvalue weighted by atomic mass is 35.5. The van der Waals surface area contributed by atoms with Crippen LogP contribution in [-0.4, -0.2) is 27.4 Å². The van der Waals surface area contributed by atoms with Gasteiger partial charge in [0.25, 0.3) is 0 Å². The van der Waals surface area contributed by atoms with Crippen LogP contribution in [0.4, 0.5) is 0 Å². The number of aromatic nitrogens is 3. The normalized spacial score (nSPS) is 10.4. The largest absolute Gasteiger partial charge is 0.465 e. The second-order valence-electron chi connectivity index (χ2n) is 4.42. The zero-order valence-corrected chi connectivity index (χ0v) is 12.2. The summed E-state index contributed by atoms with van der Waals surface area (Å²) >= 11 is 6.15. The second kappa shape index (κ2) is 5.47. The molecule has 0 atom stereocenters. The van der Waals surface area contributed by atoms with Gasteiger partial charge < -0.3 is 4.74 Å². The fourth-order valence-electron chi connectivity index (χ4n) is 2.20. The summed E-state index contributed by atoms with van der Waals surface area (Å²) in [4.78, 5) is 20.0. The third-order valence-electron chi connectivity index (χ3n) is 3.22. The Kier molecular flexibility index (Phi) is 3.49. The molecule has 0 spiro atoms. The molecule has 0 aliphatic heterocycles. The van der Waals surface area contributed by atoms with Gasteiger partial charge in [-0.2, -0.15) is 5.26 Å². The number of halogens is 1. The Balaban J connectivity index is 2.28. The Morgan fingerprint density at radius 2 is 2.18 bits per heavy atom. The van der Waals surface area contributed by atoms with Crippen molar-refractivity contribution in [2.45, 2.75) is 0 Å². The van der Waals surface area contributed by atoms with E-state index in [4.69, 9.17) is 21.6 Å². The van der Waals surface area contributed by atoms with E-state index in [0.717, 1.165) is 0 Å². The van der Waals surface area contributed by atoms with E-state index in [2.05, 4.69) is 16.0 Å². The lowest BCUT2D eigenvalue weighted by Gasteiger charge is -2.10. The number of hydrogen-bond donors (Lipinski definition) is 0. The third kappa shape index (κ3) is 2.18. The minimum absolute atomic E-state index is 0.181. The van der Waals surface area contributed by atoms with Gasteiger partial charge in [0.1, 0.15) is 22.6 Å². The Hall–Kier alpha value is -2.91. The van der Waals surface area contributed by atoms with Gasteiger partial charge in [0.15, 0.2) is 0 Å². The zero-order chi connectivity index (χ0) is 15.7. The van der Waals surface area contributed by atoms with Crippen molar-refractivity contribution < 1.29 is 9.53 Å². The van der Waals surface area contributed by atoms with Crippen LogP contribution in [0, 0.1) is 11.3 Å². The quantitative estimate of drug-likeness (QED) is 0.537. The highest BCUT2D eigenvalue weighted by Gasteiger charge is 2.18. The molecule has 0 N–H and O–H groups in total. The molecule has 22 heavy (non-hydrogen) atoms. The van der Waals surface area contributed by atoms with Gasteiger partial charge in [-0.15, -0.1) is 0 Å². The Labute approximate surface area is 130 Å². The van der Waals surface area contributed by atoms with Crippen LogP contribution >= 0.6 is 11.6 Å². The van der Waals surface area contributed by atoms with Crippen molar-refractivity contribution in [1.82, 2.24) is 14.4 Å². The lowest BCUT2D eigenvalue weighted by Crippen LogP contribution is -2.05. The number of ether oxygens (including phenoxy) is 1. The monoisotopic (exact) mass is 312 g/mol. The fraction of sp³-hybridized carbons (Fsp3) is 0.0667. The molecular weight excluding hydrogens is 304 g/mol. The molecule has 3 heterocycles. The number of hydrogen-bond acceptors (Lipinski definition) is 5. The van der Waals surface area contributed by atoms with Crippen molar-refractivity contribution in [3.05, 3.63) is 53.2 Å². The Morgan fingerprint density at radius 3 is 2.91 bits per heavy atom. The molecule has 3 aromatic rings. The Bertz CT molecular complexity index is 927. The molecule has 0 amide bonds. The predicted molar refractivity (Wildman–Crippen MR) is 79.5 cm³/mol. The van der Waals surface area contributed by atoms with Crippen molar-refractivity contribution in [3.8, 4) is 17.2 Å². The molecule has 0 unspecified atom stereocenters. The minimum Gasteiger partial charge on any atom is -0.465 e. The molecular formula is C15H9ClN4O2. The topological polar surface area (TPSA) is 80.3 Å². The van der Waals surface area contributed by atoms with Crippen molar-refractivity contribution in [2.75, 3.05) is 7.11 Å². The van der Waals surface area contributed by atoms with Crippen LogP contribution in [0.25, 0.3) is 16.8 Å². The molecule has 0 saturated heterocycles. The first kappa shape index (κ1) is 14.0. The average molecular weight is 313 g/mol. The molecule has 0 aromatic carbocycles. The van der Waals surface area contributed by atoms with Crippen molar-refractivity contribution >= 4 is 23.2 Å². The number of nitriles is 1. The van der Waals surface area contributed by atoms with Gasteiger partial charge in [-0.05, 0) is 18.2 Å². The summed E-state index contributed by atoms with van der Waals surface area (Å²) in [6.07, 6.45) is 4.61. The number of esters is 1. The summed E-state index contributed by atoms with van der Waals surface area (Å²) in [7, 11) is 1.30.